The molecule has 0 amide bonds. The van der Waals surface area contributed by atoms with Crippen molar-refractivity contribution in [3.05, 3.63) is 53.8 Å². The van der Waals surface area contributed by atoms with Gasteiger partial charge in [0.2, 0.25) is 0 Å². The number of nitrogens with two attached hydrogens (primary N) is 1. The van der Waals surface area contributed by atoms with Gasteiger partial charge >= 0.3 is 0 Å². The number of anilines is 1. The fraction of sp³-hybridized carbons (Fsp3) is 0.143. The SMILES string of the molecule is COc1ccc(COc2ccccc2F)c(N)c1. The Hall–Kier alpha value is -2.23. The zero-order valence-electron chi connectivity index (χ0n) is 10.0. The van der Waals surface area contributed by atoms with Gasteiger partial charge in [-0.15, -0.1) is 0 Å². The summed E-state index contributed by atoms with van der Waals surface area (Å²) >= 11 is 0. The van der Waals surface area contributed by atoms with Crippen molar-refractivity contribution in [2.75, 3.05) is 12.8 Å². The van der Waals surface area contributed by atoms with Gasteiger partial charge in [-0.3, -0.25) is 0 Å². The molecule has 2 aromatic carbocycles. The van der Waals surface area contributed by atoms with Crippen LogP contribution in [0.5, 0.6) is 11.5 Å². The molecule has 18 heavy (non-hydrogen) atoms. The van der Waals surface area contributed by atoms with E-state index in [1.165, 1.54) is 6.07 Å². The van der Waals surface area contributed by atoms with Crippen molar-refractivity contribution in [2.24, 2.45) is 0 Å². The predicted octanol–water partition coefficient (Wildman–Crippen LogP) is 3.00. The van der Waals surface area contributed by atoms with Crippen LogP contribution in [-0.4, -0.2) is 7.11 Å². The third-order valence-corrected chi connectivity index (χ3v) is 2.57. The molecule has 2 rings (SSSR count). The van der Waals surface area contributed by atoms with E-state index in [-0.39, 0.29) is 18.2 Å². The highest BCUT2D eigenvalue weighted by Crippen LogP contribution is 2.22. The van der Waals surface area contributed by atoms with E-state index >= 15 is 0 Å². The number of halogens is 1. The Kier molecular flexibility index (Phi) is 3.67. The van der Waals surface area contributed by atoms with Gasteiger partial charge in [-0.1, -0.05) is 12.1 Å². The molecule has 2 aromatic rings. The van der Waals surface area contributed by atoms with E-state index in [1.807, 2.05) is 0 Å². The van der Waals surface area contributed by atoms with Gasteiger partial charge in [-0.25, -0.2) is 4.39 Å². The van der Waals surface area contributed by atoms with Crippen molar-refractivity contribution in [1.82, 2.24) is 0 Å². The first-order valence-electron chi connectivity index (χ1n) is 5.50. The van der Waals surface area contributed by atoms with E-state index < -0.39 is 0 Å². The van der Waals surface area contributed by atoms with Crippen LogP contribution in [0.1, 0.15) is 5.56 Å². The van der Waals surface area contributed by atoms with E-state index in [0.717, 1.165) is 5.56 Å². The van der Waals surface area contributed by atoms with Crippen LogP contribution in [0.2, 0.25) is 0 Å². The number of methoxy groups -OCH3 is 1. The quantitative estimate of drug-likeness (QED) is 0.845. The maximum Gasteiger partial charge on any atom is 0.165 e. The summed E-state index contributed by atoms with van der Waals surface area (Å²) in [7, 11) is 1.57. The highest BCUT2D eigenvalue weighted by Gasteiger charge is 2.05. The first-order chi connectivity index (χ1) is 8.70. The number of hydrogen-bond acceptors (Lipinski definition) is 3. The third kappa shape index (κ3) is 2.71. The smallest absolute Gasteiger partial charge is 0.165 e. The molecule has 3 nitrogen and oxygen atoms in total. The molecule has 0 aliphatic heterocycles. The fourth-order valence-corrected chi connectivity index (χ4v) is 1.55. The number of rotatable bonds is 4. The first kappa shape index (κ1) is 12.2. The maximum atomic E-state index is 13.3. The molecule has 0 spiro atoms. The summed E-state index contributed by atoms with van der Waals surface area (Å²) in [4.78, 5) is 0. The van der Waals surface area contributed by atoms with Gasteiger partial charge in [-0.2, -0.15) is 0 Å². The van der Waals surface area contributed by atoms with E-state index in [9.17, 15) is 4.39 Å². The minimum absolute atomic E-state index is 0.215. The van der Waals surface area contributed by atoms with Crippen LogP contribution in [0.3, 0.4) is 0 Å². The van der Waals surface area contributed by atoms with Gasteiger partial charge in [0.25, 0.3) is 0 Å². The van der Waals surface area contributed by atoms with Crippen molar-refractivity contribution in [3.8, 4) is 11.5 Å². The molecule has 0 atom stereocenters. The van der Waals surface area contributed by atoms with Crippen molar-refractivity contribution >= 4 is 5.69 Å². The molecule has 0 fully saturated rings. The molecule has 0 radical (unpaired) electrons. The monoisotopic (exact) mass is 247 g/mol. The van der Waals surface area contributed by atoms with Crippen molar-refractivity contribution < 1.29 is 13.9 Å². The van der Waals surface area contributed by atoms with Gasteiger partial charge in [-0.05, 0) is 24.3 Å². The lowest BCUT2D eigenvalue weighted by Gasteiger charge is -2.10. The zero-order valence-corrected chi connectivity index (χ0v) is 10.0. The second-order valence-electron chi connectivity index (χ2n) is 3.78. The van der Waals surface area contributed by atoms with Crippen molar-refractivity contribution in [1.29, 1.82) is 0 Å². The molecule has 0 unspecified atom stereocenters. The fourth-order valence-electron chi connectivity index (χ4n) is 1.55. The van der Waals surface area contributed by atoms with E-state index in [0.29, 0.717) is 11.4 Å². The molecule has 0 aliphatic carbocycles. The highest BCUT2D eigenvalue weighted by molar-refractivity contribution is 5.51. The van der Waals surface area contributed by atoms with Crippen LogP contribution < -0.4 is 15.2 Å². The summed E-state index contributed by atoms with van der Waals surface area (Å²) in [6.07, 6.45) is 0. The highest BCUT2D eigenvalue weighted by atomic mass is 19.1. The lowest BCUT2D eigenvalue weighted by atomic mass is 10.2. The molecule has 94 valence electrons. The Balaban J connectivity index is 2.09. The minimum Gasteiger partial charge on any atom is -0.497 e. The normalized spacial score (nSPS) is 10.1. The molecule has 0 bridgehead atoms. The Morgan fingerprint density at radius 2 is 1.94 bits per heavy atom. The number of para-hydroxylation sites is 1. The summed E-state index contributed by atoms with van der Waals surface area (Å²) < 4.78 is 23.8. The van der Waals surface area contributed by atoms with Gasteiger partial charge in [0.05, 0.1) is 7.11 Å². The Morgan fingerprint density at radius 1 is 1.17 bits per heavy atom. The van der Waals surface area contributed by atoms with Crippen molar-refractivity contribution in [2.45, 2.75) is 6.61 Å². The summed E-state index contributed by atoms with van der Waals surface area (Å²) in [6, 6.07) is 11.6. The van der Waals surface area contributed by atoms with Gasteiger partial charge in [0.15, 0.2) is 11.6 Å². The second kappa shape index (κ2) is 5.40. The van der Waals surface area contributed by atoms with Gasteiger partial charge in [0.1, 0.15) is 12.4 Å². The number of benzene rings is 2. The molecule has 4 heteroatoms. The van der Waals surface area contributed by atoms with Crippen LogP contribution in [-0.2, 0) is 6.61 Å². The number of hydrogen-bond donors (Lipinski definition) is 1. The van der Waals surface area contributed by atoms with E-state index in [2.05, 4.69) is 0 Å². The molecule has 0 heterocycles. The average Bonchev–Trinajstić information content (AvgIpc) is 2.39. The lowest BCUT2D eigenvalue weighted by Crippen LogP contribution is -2.01. The summed E-state index contributed by atoms with van der Waals surface area (Å²) in [5, 5.41) is 0. The molecule has 0 aromatic heterocycles. The molecule has 0 saturated carbocycles. The first-order valence-corrected chi connectivity index (χ1v) is 5.50. The summed E-state index contributed by atoms with van der Waals surface area (Å²) in [6.45, 7) is 0.219. The summed E-state index contributed by atoms with van der Waals surface area (Å²) in [5.41, 5.74) is 7.20. The number of ether oxygens (including phenoxy) is 2. The Morgan fingerprint density at radius 3 is 2.61 bits per heavy atom. The largest absolute Gasteiger partial charge is 0.497 e. The van der Waals surface area contributed by atoms with Crippen LogP contribution >= 0.6 is 0 Å². The van der Waals surface area contributed by atoms with Crippen LogP contribution in [0.4, 0.5) is 10.1 Å². The minimum atomic E-state index is -0.385. The van der Waals surface area contributed by atoms with Gasteiger partial charge in [0, 0.05) is 17.3 Å². The second-order valence-corrected chi connectivity index (χ2v) is 3.78. The van der Waals surface area contributed by atoms with Crippen LogP contribution in [0.25, 0.3) is 0 Å². The van der Waals surface area contributed by atoms with E-state index in [1.54, 1.807) is 43.5 Å². The molecule has 0 aliphatic rings. The average molecular weight is 247 g/mol. The Labute approximate surface area is 105 Å². The molecule has 2 N–H and O–H groups in total. The van der Waals surface area contributed by atoms with Crippen LogP contribution in [0, 0.1) is 5.82 Å². The zero-order chi connectivity index (χ0) is 13.0. The third-order valence-electron chi connectivity index (χ3n) is 2.57. The van der Waals surface area contributed by atoms with Gasteiger partial charge < -0.3 is 15.2 Å². The molecular weight excluding hydrogens is 233 g/mol. The topological polar surface area (TPSA) is 44.5 Å². The van der Waals surface area contributed by atoms with Crippen molar-refractivity contribution in [3.63, 3.8) is 0 Å². The number of nitrogen functional groups attached to an aromatic ring is 1. The van der Waals surface area contributed by atoms with Crippen LogP contribution in [0.15, 0.2) is 42.5 Å². The van der Waals surface area contributed by atoms with E-state index in [4.69, 9.17) is 15.2 Å². The Bertz CT molecular complexity index is 543. The standard InChI is InChI=1S/C14H14FNO2/c1-17-11-7-6-10(13(16)8-11)9-18-14-5-3-2-4-12(14)15/h2-8H,9,16H2,1H3. The maximum absolute atomic E-state index is 13.3. The predicted molar refractivity (Wildman–Crippen MR) is 68.1 cm³/mol. The molecular formula is C14H14FNO2. The lowest BCUT2D eigenvalue weighted by molar-refractivity contribution is 0.291. The summed E-state index contributed by atoms with van der Waals surface area (Å²) in [5.74, 6) is 0.513. The molecule has 0 saturated heterocycles.